The normalized spacial score (nSPS) is 11.7. The molecule has 594 valence electrons. The Morgan fingerprint density at radius 2 is 0.589 bits per heavy atom. The second-order valence-corrected chi connectivity index (χ2v) is 33.6. The summed E-state index contributed by atoms with van der Waals surface area (Å²) in [6, 6.07) is 148. The Morgan fingerprint density at radius 1 is 0.225 bits per heavy atom. The lowest BCUT2D eigenvalue weighted by Gasteiger charge is -2.22. The molecule has 0 aliphatic heterocycles. The van der Waals surface area contributed by atoms with E-state index in [9.17, 15) is 5.26 Å². The molecule has 28 rings (SSSR count). The lowest BCUT2D eigenvalue weighted by Crippen LogP contribution is -2.02. The first kappa shape index (κ1) is 73.8. The molecule has 21 aromatic carbocycles. The van der Waals surface area contributed by atoms with Gasteiger partial charge >= 0.3 is 0 Å². The SMILES string of the molecule is Cc1cc2ccccc2n1-c1c(-c2cccc3ccccc23)c2ccccc2c2ccccc12.[C-]#[N+]c1c([N+]#[C-])c([N+]#[C-])c2cc3c4c5ccccc5ccc4c4cc5ccccc5n4c3cc2c1C#N.c1ccc2c(c1)ccc1c2c2c3ccccc3ccc2n2c3ccccc3cc12.c1ccc2c(c1)ccc1c2c2ccc3ccccc3c2n2c3ccccc3cc12. The Morgan fingerprint density at radius 3 is 1.12 bits per heavy atom. The van der Waals surface area contributed by atoms with E-state index in [4.69, 9.17) is 19.7 Å². The standard InChI is InChI=1S/C33H23N.C32H13N5.2C28H17N/c1-22-21-24-12-3-9-20-31(24)34(22)33-30-18-8-6-16-27(30)26-15-5-7-17-29(26)32(33)28-19-10-13-23-11-2-4-14-25(23)28;1-34-30-23-15-24-28(16-22(23)25(17-33)31(35-2)32(30)36-3)37-26-11-7-5-9-19(26)14-27(37)21-13-12-18-8-4-6-10-20(18)29(21)24;1-4-10-21-18(7-1)13-15-23-26-17-20-9-3-6-12-25(20)29(26)28-22-11-5-2-8-19(22)14-16-24(28)27(21)23;1-4-10-21-18(7-1)13-15-23-26-17-20-9-3-6-12-24(20)29(26)25-16-14-19-8-2-5-11-22(19)28(25)27(21)23/h2-21H,1H3;4-16H;2*1-17H. The van der Waals surface area contributed by atoms with Gasteiger partial charge in [-0.2, -0.15) is 5.26 Å². The van der Waals surface area contributed by atoms with Gasteiger partial charge in [-0.3, -0.25) is 14.5 Å². The molecule has 0 saturated heterocycles. The zero-order valence-electron chi connectivity index (χ0n) is 69.8. The van der Waals surface area contributed by atoms with Crippen LogP contribution in [0.25, 0.3) is 253 Å². The summed E-state index contributed by atoms with van der Waals surface area (Å²) in [5, 5.41) is 47.3. The molecular formula is C121H70N8. The van der Waals surface area contributed by atoms with Gasteiger partial charge in [-0.15, -0.1) is 0 Å². The highest BCUT2D eigenvalue weighted by Crippen LogP contribution is 2.52. The van der Waals surface area contributed by atoms with Crippen molar-refractivity contribution in [1.29, 1.82) is 5.26 Å². The third kappa shape index (κ3) is 11.1. The van der Waals surface area contributed by atoms with E-state index in [-0.39, 0.29) is 22.6 Å². The molecule has 0 unspecified atom stereocenters. The van der Waals surface area contributed by atoms with Crippen LogP contribution in [-0.2, 0) is 0 Å². The highest BCUT2D eigenvalue weighted by molar-refractivity contribution is 6.33. The van der Waals surface area contributed by atoms with Crippen LogP contribution in [0.15, 0.2) is 406 Å². The van der Waals surface area contributed by atoms with Gasteiger partial charge in [-0.05, 0) is 159 Å². The molecule has 0 atom stereocenters. The van der Waals surface area contributed by atoms with Gasteiger partial charge < -0.3 is 17.8 Å². The summed E-state index contributed by atoms with van der Waals surface area (Å²) in [5.74, 6) is 0. The van der Waals surface area contributed by atoms with Crippen molar-refractivity contribution in [2.75, 3.05) is 0 Å². The Kier molecular flexibility index (Phi) is 16.7. The highest BCUT2D eigenvalue weighted by Gasteiger charge is 2.27. The van der Waals surface area contributed by atoms with E-state index in [1.165, 1.54) is 185 Å². The number of rotatable bonds is 2. The summed E-state index contributed by atoms with van der Waals surface area (Å²) in [6.45, 7) is 25.5. The van der Waals surface area contributed by atoms with Gasteiger partial charge in [0.1, 0.15) is 0 Å². The number of nitrogens with zero attached hydrogens (tertiary/aromatic N) is 8. The van der Waals surface area contributed by atoms with Crippen molar-refractivity contribution in [3.63, 3.8) is 0 Å². The van der Waals surface area contributed by atoms with Crippen LogP contribution < -0.4 is 0 Å². The zero-order valence-corrected chi connectivity index (χ0v) is 69.8. The molecule has 7 aromatic heterocycles. The molecular weight excluding hydrogens is 1570 g/mol. The lowest BCUT2D eigenvalue weighted by atomic mass is 9.88. The number of aryl methyl sites for hydroxylation is 1. The Bertz CT molecular complexity index is 10000. The smallest absolute Gasteiger partial charge is 0.202 e. The first-order valence-electron chi connectivity index (χ1n) is 43.4. The summed E-state index contributed by atoms with van der Waals surface area (Å²) in [5.41, 5.74) is 17.0. The number of hydrogen-bond acceptors (Lipinski definition) is 1. The van der Waals surface area contributed by atoms with E-state index in [2.05, 4.69) is 415 Å². The fourth-order valence-corrected chi connectivity index (χ4v) is 21.5. The van der Waals surface area contributed by atoms with Crippen LogP contribution in [0.5, 0.6) is 0 Å². The van der Waals surface area contributed by atoms with Crippen molar-refractivity contribution < 1.29 is 0 Å². The zero-order chi connectivity index (χ0) is 85.8. The van der Waals surface area contributed by atoms with E-state index in [0.717, 1.165) is 48.9 Å². The molecule has 0 aliphatic carbocycles. The van der Waals surface area contributed by atoms with Gasteiger partial charge in [0.05, 0.1) is 92.2 Å². The second kappa shape index (κ2) is 29.1. The summed E-state index contributed by atoms with van der Waals surface area (Å²) in [7, 11) is 0. The summed E-state index contributed by atoms with van der Waals surface area (Å²) < 4.78 is 9.56. The molecule has 8 nitrogen and oxygen atoms in total. The van der Waals surface area contributed by atoms with E-state index >= 15 is 0 Å². The number of fused-ring (bicyclic) bond motifs is 40. The molecule has 129 heavy (non-hydrogen) atoms. The van der Waals surface area contributed by atoms with Crippen molar-refractivity contribution in [3.8, 4) is 22.9 Å². The molecule has 7 heterocycles. The number of aromatic nitrogens is 4. The van der Waals surface area contributed by atoms with E-state index in [1.807, 2.05) is 36.4 Å². The van der Waals surface area contributed by atoms with Crippen LogP contribution in [-0.4, -0.2) is 17.8 Å². The van der Waals surface area contributed by atoms with Gasteiger partial charge in [0.25, 0.3) is 0 Å². The molecule has 0 saturated carbocycles. The largest absolute Gasteiger partial charge is 0.313 e. The van der Waals surface area contributed by atoms with Crippen molar-refractivity contribution >= 4 is 239 Å². The predicted octanol–water partition coefficient (Wildman–Crippen LogP) is 33.7. The number of hydrogen-bond donors (Lipinski definition) is 0. The van der Waals surface area contributed by atoms with Crippen LogP contribution in [0, 0.1) is 38.0 Å². The quantitative estimate of drug-likeness (QED) is 0.0967. The molecule has 0 N–H and O–H groups in total. The van der Waals surface area contributed by atoms with E-state index < -0.39 is 0 Å². The molecule has 0 radical (unpaired) electrons. The van der Waals surface area contributed by atoms with Crippen molar-refractivity contribution in [2.24, 2.45) is 0 Å². The number of nitriles is 1. The molecule has 0 aliphatic rings. The van der Waals surface area contributed by atoms with Crippen molar-refractivity contribution in [1.82, 2.24) is 17.8 Å². The van der Waals surface area contributed by atoms with Crippen molar-refractivity contribution in [3.05, 3.63) is 452 Å². The lowest BCUT2D eigenvalue weighted by molar-refractivity contribution is 1.07. The van der Waals surface area contributed by atoms with E-state index in [1.54, 1.807) is 0 Å². The first-order valence-corrected chi connectivity index (χ1v) is 43.4. The van der Waals surface area contributed by atoms with Gasteiger partial charge in [0.15, 0.2) is 5.69 Å². The molecule has 0 spiro atoms. The maximum atomic E-state index is 10.1. The Hall–Kier alpha value is -17.9. The minimum absolute atomic E-state index is 0.0600. The number of para-hydroxylation sites is 4. The van der Waals surface area contributed by atoms with Gasteiger partial charge in [-0.1, -0.05) is 346 Å². The molecule has 0 bridgehead atoms. The topological polar surface area (TPSA) is 55.0 Å². The van der Waals surface area contributed by atoms with Gasteiger partial charge in [0.2, 0.25) is 11.4 Å². The van der Waals surface area contributed by atoms with Crippen LogP contribution in [0.1, 0.15) is 11.3 Å². The third-order valence-corrected chi connectivity index (χ3v) is 26.9. The fraction of sp³-hybridized carbons (Fsp3) is 0.00826. The van der Waals surface area contributed by atoms with Gasteiger partial charge in [-0.25, -0.2) is 0 Å². The maximum Gasteiger partial charge on any atom is 0.202 e. The fourth-order valence-electron chi connectivity index (χ4n) is 21.5. The Labute approximate surface area is 738 Å². The Balaban J connectivity index is 0.0000000935. The predicted molar refractivity (Wildman–Crippen MR) is 544 cm³/mol. The maximum absolute atomic E-state index is 10.1. The summed E-state index contributed by atoms with van der Waals surface area (Å²) in [4.78, 5) is 10.7. The average molecular weight is 1640 g/mol. The van der Waals surface area contributed by atoms with Crippen LogP contribution in [0.3, 0.4) is 0 Å². The number of pyridine rings is 3. The average Bonchev–Trinajstić information content (AvgIpc) is 1.63. The second-order valence-electron chi connectivity index (χ2n) is 33.6. The molecule has 28 aromatic rings. The van der Waals surface area contributed by atoms with Crippen LogP contribution in [0.4, 0.5) is 17.1 Å². The first-order chi connectivity index (χ1) is 63.8. The monoisotopic (exact) mass is 1630 g/mol. The van der Waals surface area contributed by atoms with Gasteiger partial charge in [0, 0.05) is 92.1 Å². The minimum atomic E-state index is -0.0601. The van der Waals surface area contributed by atoms with E-state index in [0.29, 0.717) is 10.8 Å². The minimum Gasteiger partial charge on any atom is -0.313 e. The highest BCUT2D eigenvalue weighted by atomic mass is 15.0. The van der Waals surface area contributed by atoms with Crippen LogP contribution in [0.2, 0.25) is 0 Å². The summed E-state index contributed by atoms with van der Waals surface area (Å²) in [6.07, 6.45) is 0. The molecule has 0 amide bonds. The third-order valence-electron chi connectivity index (χ3n) is 26.9. The molecule has 0 fully saturated rings. The summed E-state index contributed by atoms with van der Waals surface area (Å²) >= 11 is 0. The van der Waals surface area contributed by atoms with Crippen LogP contribution >= 0.6 is 0 Å². The van der Waals surface area contributed by atoms with Crippen molar-refractivity contribution in [2.45, 2.75) is 6.92 Å². The number of benzene rings is 21. The molecule has 8 heteroatoms.